The van der Waals surface area contributed by atoms with Crippen LogP contribution in [0.5, 0.6) is 0 Å². The van der Waals surface area contributed by atoms with Crippen LogP contribution in [0.2, 0.25) is 0 Å². The highest BCUT2D eigenvalue weighted by Gasteiger charge is 2.02. The molecule has 1 nitrogen and oxygen atoms in total. The van der Waals surface area contributed by atoms with E-state index in [1.165, 1.54) is 23.1 Å². The van der Waals surface area contributed by atoms with Gasteiger partial charge in [-0.05, 0) is 42.5 Å². The van der Waals surface area contributed by atoms with E-state index in [4.69, 9.17) is 5.73 Å². The second-order valence-electron chi connectivity index (χ2n) is 3.58. The third-order valence-electron chi connectivity index (χ3n) is 2.49. The number of hydrogen-bond donors (Lipinski definition) is 1. The van der Waals surface area contributed by atoms with E-state index in [0.29, 0.717) is 0 Å². The number of anilines is 1. The van der Waals surface area contributed by atoms with Gasteiger partial charge in [-0.3, -0.25) is 0 Å². The summed E-state index contributed by atoms with van der Waals surface area (Å²) in [5, 5.41) is 0. The van der Waals surface area contributed by atoms with Crippen LogP contribution in [-0.4, -0.2) is 0 Å². The molecule has 1 heteroatoms. The number of nitrogens with two attached hydrogens (primary N) is 1. The van der Waals surface area contributed by atoms with Crippen LogP contribution in [0.3, 0.4) is 0 Å². The summed E-state index contributed by atoms with van der Waals surface area (Å²) < 4.78 is 0. The van der Waals surface area contributed by atoms with Gasteiger partial charge in [-0.25, -0.2) is 0 Å². The Morgan fingerprint density at radius 1 is 1.15 bits per heavy atom. The molecular weight excluding hydrogens is 158 g/mol. The van der Waals surface area contributed by atoms with Crippen LogP contribution in [0.15, 0.2) is 12.1 Å². The summed E-state index contributed by atoms with van der Waals surface area (Å²) in [6.07, 6.45) is 3.44. The van der Waals surface area contributed by atoms with E-state index in [0.717, 1.165) is 18.5 Å². The maximum Gasteiger partial charge on any atom is 0.0346 e. The Kier molecular flexibility index (Phi) is 3.35. The highest BCUT2D eigenvalue weighted by molar-refractivity contribution is 5.51. The summed E-state index contributed by atoms with van der Waals surface area (Å²) in [5.41, 5.74) is 10.9. The lowest BCUT2D eigenvalue weighted by Gasteiger charge is -2.10. The molecule has 13 heavy (non-hydrogen) atoms. The molecule has 0 aliphatic carbocycles. The van der Waals surface area contributed by atoms with Gasteiger partial charge < -0.3 is 5.73 Å². The van der Waals surface area contributed by atoms with Gasteiger partial charge in [0.15, 0.2) is 0 Å². The Labute approximate surface area is 81.0 Å². The number of nitrogen functional groups attached to an aromatic ring is 1. The van der Waals surface area contributed by atoms with Crippen molar-refractivity contribution in [3.05, 3.63) is 28.8 Å². The van der Waals surface area contributed by atoms with Gasteiger partial charge >= 0.3 is 0 Å². The van der Waals surface area contributed by atoms with Crippen molar-refractivity contribution in [2.75, 3.05) is 5.73 Å². The van der Waals surface area contributed by atoms with E-state index in [2.05, 4.69) is 32.9 Å². The highest BCUT2D eigenvalue weighted by atomic mass is 14.6. The van der Waals surface area contributed by atoms with Gasteiger partial charge in [-0.2, -0.15) is 0 Å². The van der Waals surface area contributed by atoms with Crippen LogP contribution >= 0.6 is 0 Å². The third kappa shape index (κ3) is 2.24. The Morgan fingerprint density at radius 2 is 1.85 bits per heavy atom. The highest BCUT2D eigenvalue weighted by Crippen LogP contribution is 2.20. The molecule has 1 aromatic rings. The van der Waals surface area contributed by atoms with E-state index in [9.17, 15) is 0 Å². The quantitative estimate of drug-likeness (QED) is 0.705. The summed E-state index contributed by atoms with van der Waals surface area (Å²) in [6, 6.07) is 4.36. The molecule has 0 heterocycles. The monoisotopic (exact) mass is 177 g/mol. The van der Waals surface area contributed by atoms with Gasteiger partial charge in [0.2, 0.25) is 0 Å². The minimum absolute atomic E-state index is 0.931. The molecule has 0 saturated carbocycles. The lowest BCUT2D eigenvalue weighted by atomic mass is 9.98. The van der Waals surface area contributed by atoms with Crippen molar-refractivity contribution in [1.82, 2.24) is 0 Å². The number of benzene rings is 1. The molecule has 1 rings (SSSR count). The minimum Gasteiger partial charge on any atom is -0.399 e. The molecule has 0 aromatic heterocycles. The van der Waals surface area contributed by atoms with Gasteiger partial charge in [-0.15, -0.1) is 0 Å². The van der Waals surface area contributed by atoms with E-state index in [-0.39, 0.29) is 0 Å². The van der Waals surface area contributed by atoms with E-state index >= 15 is 0 Å². The van der Waals surface area contributed by atoms with Crippen molar-refractivity contribution >= 4 is 5.69 Å². The fourth-order valence-electron chi connectivity index (χ4n) is 1.66. The molecule has 0 aliphatic heterocycles. The van der Waals surface area contributed by atoms with Crippen molar-refractivity contribution in [2.24, 2.45) is 0 Å². The van der Waals surface area contributed by atoms with E-state index in [1.54, 1.807) is 0 Å². The smallest absolute Gasteiger partial charge is 0.0346 e. The van der Waals surface area contributed by atoms with Crippen molar-refractivity contribution in [3.8, 4) is 0 Å². The average molecular weight is 177 g/mol. The maximum absolute atomic E-state index is 5.87. The van der Waals surface area contributed by atoms with E-state index < -0.39 is 0 Å². The topological polar surface area (TPSA) is 26.0 Å². The standard InChI is InChI=1S/C12H19N/c1-4-6-11-8-12(13)9(3)7-10(11)5-2/h7-8H,4-6,13H2,1-3H3. The number of aryl methyl sites for hydroxylation is 3. The zero-order valence-corrected chi connectivity index (χ0v) is 8.85. The van der Waals surface area contributed by atoms with Crippen LogP contribution < -0.4 is 5.73 Å². The minimum atomic E-state index is 0.931. The summed E-state index contributed by atoms with van der Waals surface area (Å²) in [4.78, 5) is 0. The van der Waals surface area contributed by atoms with Crippen LogP contribution in [0.25, 0.3) is 0 Å². The second kappa shape index (κ2) is 4.31. The molecule has 0 unspecified atom stereocenters. The number of hydrogen-bond acceptors (Lipinski definition) is 1. The normalized spacial score (nSPS) is 10.4. The fourth-order valence-corrected chi connectivity index (χ4v) is 1.66. The Morgan fingerprint density at radius 3 is 2.38 bits per heavy atom. The molecule has 0 radical (unpaired) electrons. The summed E-state index contributed by atoms with van der Waals surface area (Å²) >= 11 is 0. The van der Waals surface area contributed by atoms with Gasteiger partial charge in [-0.1, -0.05) is 26.3 Å². The first kappa shape index (κ1) is 10.1. The van der Waals surface area contributed by atoms with Crippen LogP contribution in [0.4, 0.5) is 5.69 Å². The molecule has 0 aliphatic rings. The first-order valence-electron chi connectivity index (χ1n) is 5.06. The van der Waals surface area contributed by atoms with Gasteiger partial charge in [0, 0.05) is 5.69 Å². The predicted octanol–water partition coefficient (Wildman–Crippen LogP) is 3.09. The lowest BCUT2D eigenvalue weighted by molar-refractivity contribution is 0.899. The van der Waals surface area contributed by atoms with Crippen LogP contribution in [0.1, 0.15) is 37.0 Å². The zero-order valence-electron chi connectivity index (χ0n) is 8.85. The van der Waals surface area contributed by atoms with Crippen molar-refractivity contribution in [1.29, 1.82) is 0 Å². The Hall–Kier alpha value is -0.980. The molecule has 0 fully saturated rings. The Bertz CT molecular complexity index is 289. The molecule has 0 amide bonds. The van der Waals surface area contributed by atoms with Crippen molar-refractivity contribution < 1.29 is 0 Å². The molecule has 1 aromatic carbocycles. The summed E-state index contributed by atoms with van der Waals surface area (Å²) in [6.45, 7) is 6.48. The summed E-state index contributed by atoms with van der Waals surface area (Å²) in [5.74, 6) is 0. The van der Waals surface area contributed by atoms with Crippen molar-refractivity contribution in [2.45, 2.75) is 40.0 Å². The van der Waals surface area contributed by atoms with Gasteiger partial charge in [0.1, 0.15) is 0 Å². The van der Waals surface area contributed by atoms with Crippen LogP contribution in [0, 0.1) is 6.92 Å². The molecule has 0 spiro atoms. The molecule has 0 bridgehead atoms. The molecular formula is C12H19N. The van der Waals surface area contributed by atoms with Crippen molar-refractivity contribution in [3.63, 3.8) is 0 Å². The molecule has 0 atom stereocenters. The SMILES string of the molecule is CCCc1cc(N)c(C)cc1CC. The van der Waals surface area contributed by atoms with E-state index in [1.807, 2.05) is 0 Å². The second-order valence-corrected chi connectivity index (χ2v) is 3.58. The third-order valence-corrected chi connectivity index (χ3v) is 2.49. The molecule has 0 saturated heterocycles. The van der Waals surface area contributed by atoms with Gasteiger partial charge in [0.05, 0.1) is 0 Å². The zero-order chi connectivity index (χ0) is 9.84. The number of rotatable bonds is 3. The first-order chi connectivity index (χ1) is 6.19. The molecule has 72 valence electrons. The lowest BCUT2D eigenvalue weighted by Crippen LogP contribution is -1.98. The fraction of sp³-hybridized carbons (Fsp3) is 0.500. The summed E-state index contributed by atoms with van der Waals surface area (Å²) in [7, 11) is 0. The maximum atomic E-state index is 5.87. The van der Waals surface area contributed by atoms with Crippen LogP contribution in [-0.2, 0) is 12.8 Å². The molecule has 2 N–H and O–H groups in total. The van der Waals surface area contributed by atoms with Gasteiger partial charge in [0.25, 0.3) is 0 Å². The predicted molar refractivity (Wildman–Crippen MR) is 59.0 cm³/mol. The largest absolute Gasteiger partial charge is 0.399 e. The first-order valence-corrected chi connectivity index (χ1v) is 5.06. The average Bonchev–Trinajstić information content (AvgIpc) is 2.11. The Balaban J connectivity index is 3.09.